The molecule has 1 aliphatic carbocycles. The maximum Gasteiger partial charge on any atom is 0.308 e. The van der Waals surface area contributed by atoms with E-state index in [1.807, 2.05) is 0 Å². The molecule has 0 radical (unpaired) electrons. The number of hydrogen-bond donors (Lipinski definition) is 3. The lowest BCUT2D eigenvalue weighted by atomic mass is 9.55. The molecule has 1 fully saturated rings. The molecule has 0 spiro atoms. The van der Waals surface area contributed by atoms with Crippen molar-refractivity contribution in [3.63, 3.8) is 0 Å². The fourth-order valence-electron chi connectivity index (χ4n) is 2.26. The van der Waals surface area contributed by atoms with Crippen LogP contribution in [-0.2, 0) is 19.2 Å². The normalized spacial score (nSPS) is 29.6. The van der Waals surface area contributed by atoms with Crippen LogP contribution in [0.5, 0.6) is 0 Å². The van der Waals surface area contributed by atoms with Crippen molar-refractivity contribution < 1.29 is 29.4 Å². The molecule has 0 aromatic rings. The summed E-state index contributed by atoms with van der Waals surface area (Å²) in [5, 5.41) is 28.5. The fraction of sp³-hybridized carbons (Fsp3) is 0.500. The Hall–Kier alpha value is -2.43. The first-order valence-corrected chi connectivity index (χ1v) is 4.98. The lowest BCUT2D eigenvalue weighted by molar-refractivity contribution is -0.179. The summed E-state index contributed by atoms with van der Waals surface area (Å²) in [4.78, 5) is 44.7. The molecule has 8 nitrogen and oxygen atoms in total. The first-order valence-electron chi connectivity index (χ1n) is 4.98. The summed E-state index contributed by atoms with van der Waals surface area (Å²) in [5.41, 5.74) is 0. The van der Waals surface area contributed by atoms with Crippen LogP contribution in [0.2, 0.25) is 0 Å². The highest BCUT2D eigenvalue weighted by atomic mass is 16.4. The van der Waals surface area contributed by atoms with Crippen molar-refractivity contribution >= 4 is 23.6 Å². The van der Waals surface area contributed by atoms with Crippen LogP contribution in [-0.4, -0.2) is 40.9 Å². The third kappa shape index (κ3) is 1.90. The van der Waals surface area contributed by atoms with Crippen molar-refractivity contribution in [3.8, 4) is 6.07 Å². The number of aliphatic carboxylic acids is 2. The monoisotopic (exact) mass is 254 g/mol. The van der Waals surface area contributed by atoms with E-state index in [0.29, 0.717) is 0 Å². The van der Waals surface area contributed by atoms with E-state index < -0.39 is 47.3 Å². The Morgan fingerprint density at radius 3 is 1.72 bits per heavy atom. The van der Waals surface area contributed by atoms with Gasteiger partial charge in [-0.1, -0.05) is 0 Å². The molecule has 1 rings (SSSR count). The smallest absolute Gasteiger partial charge is 0.308 e. The molecule has 8 heteroatoms. The summed E-state index contributed by atoms with van der Waals surface area (Å²) in [5.74, 6) is -10.6. The molecular formula is C10H10N2O6. The van der Waals surface area contributed by atoms with Gasteiger partial charge in [0.05, 0.1) is 23.7 Å². The zero-order valence-corrected chi connectivity index (χ0v) is 9.28. The van der Waals surface area contributed by atoms with Crippen molar-refractivity contribution in [2.75, 3.05) is 7.05 Å². The number of nitrogens with zero attached hydrogens (tertiary/aromatic N) is 1. The molecule has 96 valence electrons. The summed E-state index contributed by atoms with van der Waals surface area (Å²) in [7, 11) is 1.24. The summed E-state index contributed by atoms with van der Waals surface area (Å²) >= 11 is 0. The molecule has 1 aliphatic rings. The molecule has 1 saturated carbocycles. The van der Waals surface area contributed by atoms with Crippen LogP contribution in [0.25, 0.3) is 0 Å². The number of Topliss-reactive ketones (excluding diaryl/α,β-unsaturated/α-hetero) is 1. The highest BCUT2D eigenvalue weighted by molar-refractivity contribution is 6.05. The Morgan fingerprint density at radius 2 is 1.44 bits per heavy atom. The Kier molecular flexibility index (Phi) is 3.66. The van der Waals surface area contributed by atoms with Crippen LogP contribution < -0.4 is 5.32 Å². The second-order valence-electron chi connectivity index (χ2n) is 3.87. The Bertz CT molecular complexity index is 443. The Labute approximate surface area is 101 Å². The van der Waals surface area contributed by atoms with E-state index in [4.69, 9.17) is 15.5 Å². The minimum absolute atomic E-state index is 0.767. The van der Waals surface area contributed by atoms with E-state index in [-0.39, 0.29) is 0 Å². The maximum absolute atomic E-state index is 11.4. The standard InChI is InChI=1S/C10H10N2O6/c1-12-8(14)5-6(9(15)16)4(3(13)2-11)7(5)10(17)18/h4-7H,1H3,(H,12,14)(H,15,16)(H,17,18). The van der Waals surface area contributed by atoms with Gasteiger partial charge in [0, 0.05) is 7.05 Å². The van der Waals surface area contributed by atoms with E-state index in [0.717, 1.165) is 0 Å². The van der Waals surface area contributed by atoms with Gasteiger partial charge in [-0.3, -0.25) is 19.2 Å². The highest BCUT2D eigenvalue weighted by Crippen LogP contribution is 2.47. The molecule has 0 bridgehead atoms. The van der Waals surface area contributed by atoms with Gasteiger partial charge in [-0.25, -0.2) is 0 Å². The van der Waals surface area contributed by atoms with Crippen LogP contribution in [0.1, 0.15) is 0 Å². The van der Waals surface area contributed by atoms with Gasteiger partial charge in [0.1, 0.15) is 6.07 Å². The molecule has 0 saturated heterocycles. The Morgan fingerprint density at radius 1 is 1.00 bits per heavy atom. The van der Waals surface area contributed by atoms with Crippen molar-refractivity contribution in [1.29, 1.82) is 5.26 Å². The summed E-state index contributed by atoms with van der Waals surface area (Å²) in [6.45, 7) is 0. The lowest BCUT2D eigenvalue weighted by Gasteiger charge is -2.44. The molecule has 3 N–H and O–H groups in total. The fourth-order valence-corrected chi connectivity index (χ4v) is 2.26. The molecule has 2 unspecified atom stereocenters. The number of carbonyl (C=O) groups excluding carboxylic acids is 2. The van der Waals surface area contributed by atoms with Gasteiger partial charge in [0.15, 0.2) is 0 Å². The molecule has 0 aromatic carbocycles. The second kappa shape index (κ2) is 4.83. The number of amides is 1. The maximum atomic E-state index is 11.4. The molecule has 2 atom stereocenters. The van der Waals surface area contributed by atoms with Crippen LogP contribution in [0.15, 0.2) is 0 Å². The van der Waals surface area contributed by atoms with Crippen LogP contribution in [0, 0.1) is 35.0 Å². The zero-order chi connectivity index (χ0) is 14.0. The van der Waals surface area contributed by atoms with Crippen molar-refractivity contribution in [3.05, 3.63) is 0 Å². The van der Waals surface area contributed by atoms with Gasteiger partial charge in [-0.05, 0) is 0 Å². The van der Waals surface area contributed by atoms with Gasteiger partial charge < -0.3 is 15.5 Å². The van der Waals surface area contributed by atoms with Gasteiger partial charge in [-0.2, -0.15) is 5.26 Å². The topological polar surface area (TPSA) is 145 Å². The lowest BCUT2D eigenvalue weighted by Crippen LogP contribution is -2.61. The SMILES string of the molecule is CNC(=O)C1C(C(=O)O)C(C(=O)C#N)C1C(=O)O. The molecule has 18 heavy (non-hydrogen) atoms. The number of carboxylic acids is 2. The number of carboxylic acid groups (broad SMARTS) is 2. The number of carbonyl (C=O) groups is 4. The third-order valence-electron chi connectivity index (χ3n) is 3.08. The highest BCUT2D eigenvalue weighted by Gasteiger charge is 2.63. The van der Waals surface area contributed by atoms with Gasteiger partial charge in [-0.15, -0.1) is 0 Å². The number of ketones is 1. The largest absolute Gasteiger partial charge is 0.481 e. The molecule has 0 heterocycles. The van der Waals surface area contributed by atoms with Gasteiger partial charge in [0.2, 0.25) is 11.7 Å². The first-order chi connectivity index (χ1) is 8.36. The summed E-state index contributed by atoms with van der Waals surface area (Å²) in [6.07, 6.45) is 0. The van der Waals surface area contributed by atoms with Crippen molar-refractivity contribution in [2.24, 2.45) is 23.7 Å². The van der Waals surface area contributed by atoms with Crippen molar-refractivity contribution in [2.45, 2.75) is 0 Å². The number of nitriles is 1. The van der Waals surface area contributed by atoms with Crippen molar-refractivity contribution in [1.82, 2.24) is 5.32 Å². The number of rotatable bonds is 4. The zero-order valence-electron chi connectivity index (χ0n) is 9.28. The van der Waals surface area contributed by atoms with E-state index in [9.17, 15) is 19.2 Å². The summed E-state index contributed by atoms with van der Waals surface area (Å²) < 4.78 is 0. The van der Waals surface area contributed by atoms with Crippen LogP contribution in [0.3, 0.4) is 0 Å². The van der Waals surface area contributed by atoms with E-state index >= 15 is 0 Å². The van der Waals surface area contributed by atoms with Crippen LogP contribution >= 0.6 is 0 Å². The molecule has 1 amide bonds. The average Bonchev–Trinajstić information content (AvgIpc) is 2.25. The minimum Gasteiger partial charge on any atom is -0.481 e. The van der Waals surface area contributed by atoms with E-state index in [1.165, 1.54) is 13.1 Å². The summed E-state index contributed by atoms with van der Waals surface area (Å²) in [6, 6.07) is 1.22. The predicted molar refractivity (Wildman–Crippen MR) is 53.9 cm³/mol. The molecule has 0 aliphatic heterocycles. The minimum atomic E-state index is -1.48. The second-order valence-corrected chi connectivity index (χ2v) is 3.87. The predicted octanol–water partition coefficient (Wildman–Crippen LogP) is -1.53. The van der Waals surface area contributed by atoms with Gasteiger partial charge >= 0.3 is 11.9 Å². The third-order valence-corrected chi connectivity index (χ3v) is 3.08. The molecule has 0 aromatic heterocycles. The van der Waals surface area contributed by atoms with E-state index in [2.05, 4.69) is 5.32 Å². The van der Waals surface area contributed by atoms with Crippen LogP contribution in [0.4, 0.5) is 0 Å². The van der Waals surface area contributed by atoms with E-state index in [1.54, 1.807) is 0 Å². The molecular weight excluding hydrogens is 244 g/mol. The average molecular weight is 254 g/mol. The quantitative estimate of drug-likeness (QED) is 0.516. The number of nitrogens with one attached hydrogen (secondary N) is 1. The number of hydrogen-bond acceptors (Lipinski definition) is 5. The Balaban J connectivity index is 3.15. The van der Waals surface area contributed by atoms with Gasteiger partial charge in [0.25, 0.3) is 0 Å². The first kappa shape index (κ1) is 13.6.